The molecule has 1 aliphatic heterocycles. The van der Waals surface area contributed by atoms with Gasteiger partial charge in [-0.25, -0.2) is 4.98 Å². The quantitative estimate of drug-likeness (QED) is 0.708. The highest BCUT2D eigenvalue weighted by Crippen LogP contribution is 2.34. The van der Waals surface area contributed by atoms with Gasteiger partial charge in [-0.3, -0.25) is 19.8 Å². The number of rotatable bonds is 4. The molecule has 7 nitrogen and oxygen atoms in total. The van der Waals surface area contributed by atoms with Crippen molar-refractivity contribution >= 4 is 34.1 Å². The summed E-state index contributed by atoms with van der Waals surface area (Å²) in [7, 11) is 0. The molecule has 5 rings (SSSR count). The molecule has 0 bridgehead atoms. The molecule has 1 saturated carbocycles. The first-order chi connectivity index (χ1) is 15.0. The number of hydrogen-bond acceptors (Lipinski definition) is 6. The van der Waals surface area contributed by atoms with E-state index in [0.717, 1.165) is 16.6 Å². The lowest BCUT2D eigenvalue weighted by Crippen LogP contribution is -2.49. The van der Waals surface area contributed by atoms with Crippen molar-refractivity contribution in [3.63, 3.8) is 0 Å². The Morgan fingerprint density at radius 2 is 1.87 bits per heavy atom. The molecule has 7 heteroatoms. The number of nitrogens with one attached hydrogen (secondary N) is 1. The van der Waals surface area contributed by atoms with Crippen LogP contribution in [0.1, 0.15) is 34.5 Å². The summed E-state index contributed by atoms with van der Waals surface area (Å²) in [6.07, 6.45) is 0.351. The molecule has 31 heavy (non-hydrogen) atoms. The van der Waals surface area contributed by atoms with Gasteiger partial charge in [0.2, 0.25) is 5.78 Å². The number of fused-ring (bicyclic) bond motifs is 2. The topological polar surface area (TPSA) is 100 Å². The Balaban J connectivity index is 1.37. The van der Waals surface area contributed by atoms with E-state index in [-0.39, 0.29) is 31.9 Å². The molecule has 1 N–H and O–H groups in total. The van der Waals surface area contributed by atoms with Crippen molar-refractivity contribution in [1.29, 1.82) is 5.41 Å². The smallest absolute Gasteiger partial charge is 0.255 e. The third-order valence-corrected chi connectivity index (χ3v) is 5.83. The fraction of sp³-hybridized carbons (Fsp3) is 0.208. The lowest BCUT2D eigenvalue weighted by atomic mass is 9.90. The minimum Gasteiger partial charge on any atom is -0.487 e. The van der Waals surface area contributed by atoms with Gasteiger partial charge in [-0.2, -0.15) is 0 Å². The van der Waals surface area contributed by atoms with Crippen molar-refractivity contribution in [3.05, 3.63) is 71.4 Å². The maximum atomic E-state index is 13.0. The number of aromatic nitrogens is 1. The first-order valence-corrected chi connectivity index (χ1v) is 10.1. The molecule has 1 amide bonds. The van der Waals surface area contributed by atoms with E-state index in [1.165, 1.54) is 4.90 Å². The van der Waals surface area contributed by atoms with Crippen LogP contribution in [0.5, 0.6) is 5.75 Å². The fourth-order valence-corrected chi connectivity index (χ4v) is 4.18. The highest BCUT2D eigenvalue weighted by molar-refractivity contribution is 6.67. The molecule has 1 aliphatic carbocycles. The van der Waals surface area contributed by atoms with Crippen LogP contribution in [0, 0.1) is 5.41 Å². The second kappa shape index (κ2) is 7.43. The molecule has 154 valence electrons. The molecule has 3 aromatic rings. The van der Waals surface area contributed by atoms with Gasteiger partial charge in [-0.05, 0) is 30.7 Å². The van der Waals surface area contributed by atoms with Gasteiger partial charge in [0.1, 0.15) is 18.1 Å². The van der Waals surface area contributed by atoms with Gasteiger partial charge in [0.05, 0.1) is 23.8 Å². The number of para-hydroxylation sites is 1. The predicted molar refractivity (Wildman–Crippen MR) is 113 cm³/mol. The minimum atomic E-state index is -0.778. The Hall–Kier alpha value is -3.87. The van der Waals surface area contributed by atoms with E-state index in [9.17, 15) is 14.4 Å². The number of ketones is 2. The molecule has 1 fully saturated rings. The summed E-state index contributed by atoms with van der Waals surface area (Å²) in [6.45, 7) is 0.463. The zero-order valence-corrected chi connectivity index (χ0v) is 16.6. The largest absolute Gasteiger partial charge is 0.487 e. The van der Waals surface area contributed by atoms with Crippen molar-refractivity contribution in [2.45, 2.75) is 32.0 Å². The lowest BCUT2D eigenvalue weighted by Gasteiger charge is -2.29. The first-order valence-electron chi connectivity index (χ1n) is 10.1. The molecule has 0 radical (unpaired) electrons. The molecule has 1 atom stereocenters. The Labute approximate surface area is 178 Å². The number of hydrogen-bond donors (Lipinski definition) is 1. The van der Waals surface area contributed by atoms with Crippen molar-refractivity contribution in [1.82, 2.24) is 9.88 Å². The van der Waals surface area contributed by atoms with E-state index >= 15 is 0 Å². The number of carbonyl (C=O) groups is 3. The van der Waals surface area contributed by atoms with Crippen LogP contribution in [-0.2, 0) is 22.7 Å². The molecule has 0 spiro atoms. The van der Waals surface area contributed by atoms with Crippen LogP contribution in [0.4, 0.5) is 0 Å². The third-order valence-electron chi connectivity index (χ3n) is 5.83. The molecular weight excluding hydrogens is 394 g/mol. The Morgan fingerprint density at radius 1 is 1.03 bits per heavy atom. The molecular formula is C24H19N3O4. The summed E-state index contributed by atoms with van der Waals surface area (Å²) < 4.78 is 6.01. The van der Waals surface area contributed by atoms with Crippen molar-refractivity contribution in [2.24, 2.45) is 0 Å². The van der Waals surface area contributed by atoms with Crippen LogP contribution in [0.15, 0.2) is 54.6 Å². The summed E-state index contributed by atoms with van der Waals surface area (Å²) in [5.41, 5.74) is 2.34. The average molecular weight is 413 g/mol. The van der Waals surface area contributed by atoms with E-state index in [2.05, 4.69) is 4.98 Å². The average Bonchev–Trinajstić information content (AvgIpc) is 3.13. The van der Waals surface area contributed by atoms with E-state index < -0.39 is 23.3 Å². The maximum absolute atomic E-state index is 13.0. The number of nitrogens with zero attached hydrogens (tertiary/aromatic N) is 2. The van der Waals surface area contributed by atoms with Gasteiger partial charge < -0.3 is 9.64 Å². The van der Waals surface area contributed by atoms with Crippen LogP contribution in [0.2, 0.25) is 0 Å². The maximum Gasteiger partial charge on any atom is 0.255 e. The van der Waals surface area contributed by atoms with E-state index in [1.54, 1.807) is 18.2 Å². The van der Waals surface area contributed by atoms with Gasteiger partial charge in [0, 0.05) is 22.9 Å². The lowest BCUT2D eigenvalue weighted by molar-refractivity contribution is -0.122. The number of pyridine rings is 1. The second-order valence-corrected chi connectivity index (χ2v) is 7.72. The summed E-state index contributed by atoms with van der Waals surface area (Å²) in [5, 5.41) is 8.76. The normalized spacial score (nSPS) is 18.6. The molecule has 1 aromatic heterocycles. The monoisotopic (exact) mass is 413 g/mol. The fourth-order valence-electron chi connectivity index (χ4n) is 4.18. The summed E-state index contributed by atoms with van der Waals surface area (Å²) in [6, 6.07) is 16.2. The number of Topliss-reactive ketones (excluding diaryl/α,β-unsaturated/α-hetero) is 2. The number of ether oxygens (including phenoxy) is 1. The van der Waals surface area contributed by atoms with Crippen molar-refractivity contribution < 1.29 is 19.1 Å². The Bertz CT molecular complexity index is 1270. The third kappa shape index (κ3) is 3.28. The van der Waals surface area contributed by atoms with Crippen LogP contribution >= 0.6 is 0 Å². The number of amides is 1. The van der Waals surface area contributed by atoms with E-state index in [1.807, 2.05) is 36.4 Å². The minimum absolute atomic E-state index is 0.104. The standard InChI is InChI=1S/C24H19N3O4/c25-22-20(28)11-10-19(23(22)29)27-12-17-16(24(27)30)5-3-7-21(17)31-13-15-9-8-14-4-1-2-6-18(14)26-15/h1-9,19,25H,10-13H2. The van der Waals surface area contributed by atoms with E-state index in [0.29, 0.717) is 16.9 Å². The van der Waals surface area contributed by atoms with Crippen LogP contribution < -0.4 is 4.74 Å². The molecule has 2 aromatic carbocycles. The highest BCUT2D eigenvalue weighted by Gasteiger charge is 2.42. The first kappa shape index (κ1) is 19.1. The zero-order valence-electron chi connectivity index (χ0n) is 16.6. The van der Waals surface area contributed by atoms with Crippen molar-refractivity contribution in [2.75, 3.05) is 0 Å². The van der Waals surface area contributed by atoms with Crippen LogP contribution in [0.25, 0.3) is 10.9 Å². The number of benzene rings is 2. The summed E-state index contributed by atoms with van der Waals surface area (Å²) in [4.78, 5) is 43.1. The summed E-state index contributed by atoms with van der Waals surface area (Å²) in [5.74, 6) is -0.750. The van der Waals surface area contributed by atoms with Gasteiger partial charge in [0.25, 0.3) is 5.91 Å². The highest BCUT2D eigenvalue weighted by atomic mass is 16.5. The second-order valence-electron chi connectivity index (χ2n) is 7.72. The predicted octanol–water partition coefficient (Wildman–Crippen LogP) is 3.09. The van der Waals surface area contributed by atoms with Gasteiger partial charge in [0.15, 0.2) is 5.78 Å². The number of carbonyl (C=O) groups excluding carboxylic acids is 3. The SMILES string of the molecule is N=C1C(=O)CCC(N2Cc3c(OCc4ccc5ccccc5n4)cccc3C2=O)C1=O. The van der Waals surface area contributed by atoms with Gasteiger partial charge >= 0.3 is 0 Å². The van der Waals surface area contributed by atoms with Crippen LogP contribution in [-0.4, -0.2) is 39.1 Å². The van der Waals surface area contributed by atoms with Crippen LogP contribution in [0.3, 0.4) is 0 Å². The molecule has 1 unspecified atom stereocenters. The van der Waals surface area contributed by atoms with Gasteiger partial charge in [-0.1, -0.05) is 30.3 Å². The zero-order chi connectivity index (χ0) is 21.5. The molecule has 2 heterocycles. The van der Waals surface area contributed by atoms with E-state index in [4.69, 9.17) is 10.1 Å². The molecule has 2 aliphatic rings. The Morgan fingerprint density at radius 3 is 2.74 bits per heavy atom. The van der Waals surface area contributed by atoms with Gasteiger partial charge in [-0.15, -0.1) is 0 Å². The van der Waals surface area contributed by atoms with Crippen molar-refractivity contribution in [3.8, 4) is 5.75 Å². The molecule has 0 saturated heterocycles. The Kier molecular flexibility index (Phi) is 4.58. The summed E-state index contributed by atoms with van der Waals surface area (Å²) >= 11 is 0.